The number of hydrogen-bond acceptors (Lipinski definition) is 9. The summed E-state index contributed by atoms with van der Waals surface area (Å²) in [5.41, 5.74) is 10.4. The molecule has 1 amide bonds. The molecule has 0 atom stereocenters. The lowest BCUT2D eigenvalue weighted by Gasteiger charge is -2.19. The third-order valence-electron chi connectivity index (χ3n) is 12.6. The van der Waals surface area contributed by atoms with Crippen molar-refractivity contribution in [3.8, 4) is 23.0 Å². The number of benzene rings is 7. The van der Waals surface area contributed by atoms with Crippen LogP contribution in [0.2, 0.25) is 0 Å². The second-order valence-corrected chi connectivity index (χ2v) is 21.7. The van der Waals surface area contributed by atoms with Gasteiger partial charge >= 0.3 is 18.0 Å². The topological polar surface area (TPSA) is 113 Å². The molecule has 82 heavy (non-hydrogen) atoms. The van der Waals surface area contributed by atoms with Gasteiger partial charge in [0.25, 0.3) is 0 Å². The monoisotopic (exact) mass is 1150 g/mol. The normalized spacial score (nSPS) is 11.7. The van der Waals surface area contributed by atoms with E-state index in [1.807, 2.05) is 214 Å². The Hall–Kier alpha value is -7.63. The van der Waals surface area contributed by atoms with Gasteiger partial charge in [-0.15, -0.1) is 23.2 Å². The van der Waals surface area contributed by atoms with Gasteiger partial charge in [0.2, 0.25) is 0 Å². The van der Waals surface area contributed by atoms with Crippen LogP contribution in [0.3, 0.4) is 0 Å². The van der Waals surface area contributed by atoms with Crippen LogP contribution in [-0.4, -0.2) is 75.1 Å². The Balaban J connectivity index is 0.000000301. The molecule has 7 aromatic rings. The highest BCUT2D eigenvalue weighted by Crippen LogP contribution is 2.38. The number of nitrogens with zero attached hydrogens (tertiary/aromatic N) is 1. The summed E-state index contributed by atoms with van der Waals surface area (Å²) in [6.07, 6.45) is 0.967. The van der Waals surface area contributed by atoms with E-state index in [9.17, 15) is 14.4 Å². The van der Waals surface area contributed by atoms with Gasteiger partial charge in [0, 0.05) is 25.4 Å². The van der Waals surface area contributed by atoms with Gasteiger partial charge in [0.1, 0.15) is 42.8 Å². The van der Waals surface area contributed by atoms with E-state index in [2.05, 4.69) is 41.7 Å². The largest absolute Gasteiger partial charge is 0.492 e. The van der Waals surface area contributed by atoms with E-state index >= 15 is 0 Å². The molecule has 7 rings (SSSR count). The predicted octanol–water partition coefficient (Wildman–Crippen LogP) is 16.7. The molecule has 10 nitrogen and oxygen atoms in total. The maximum atomic E-state index is 12.4. The number of amides is 1. The van der Waals surface area contributed by atoms with Gasteiger partial charge in [0.15, 0.2) is 0 Å². The van der Waals surface area contributed by atoms with Crippen LogP contribution >= 0.6 is 23.2 Å². The highest BCUT2D eigenvalue weighted by molar-refractivity contribution is 6.19. The number of carbonyl (C=O) groups is 3. The molecule has 0 bridgehead atoms. The second kappa shape index (κ2) is 33.3. The zero-order valence-electron chi connectivity index (χ0n) is 49.2. The van der Waals surface area contributed by atoms with Crippen LogP contribution in [0.15, 0.2) is 188 Å². The summed E-state index contributed by atoms with van der Waals surface area (Å²) in [6.45, 7) is 17.3. The number of ether oxygens (including phenoxy) is 5. The average Bonchev–Trinajstić information content (AvgIpc) is 3.63. The van der Waals surface area contributed by atoms with Crippen molar-refractivity contribution in [2.75, 3.05) is 52.2 Å². The molecule has 12 heteroatoms. The van der Waals surface area contributed by atoms with Gasteiger partial charge in [-0.3, -0.25) is 9.59 Å². The molecular weight excluding hydrogens is 1070 g/mol. The summed E-state index contributed by atoms with van der Waals surface area (Å²) in [5.74, 6) is 2.94. The Morgan fingerprint density at radius 3 is 1.15 bits per heavy atom. The van der Waals surface area contributed by atoms with Crippen LogP contribution < -0.4 is 24.3 Å². The first kappa shape index (κ1) is 65.2. The fraction of sp³-hybridized carbons (Fsp3) is 0.300. The highest BCUT2D eigenvalue weighted by Gasteiger charge is 2.25. The first-order valence-corrected chi connectivity index (χ1v) is 28.9. The highest BCUT2D eigenvalue weighted by atomic mass is 35.5. The number of halogens is 2. The Bertz CT molecular complexity index is 3100. The van der Waals surface area contributed by atoms with Gasteiger partial charge in [0.05, 0.1) is 17.4 Å². The summed E-state index contributed by atoms with van der Waals surface area (Å²) in [5, 5.41) is 3.08. The van der Waals surface area contributed by atoms with Gasteiger partial charge in [-0.25, -0.2) is 4.79 Å². The number of alkyl halides is 2. The molecule has 0 aromatic heterocycles. The van der Waals surface area contributed by atoms with Crippen molar-refractivity contribution in [1.82, 2.24) is 10.2 Å². The van der Waals surface area contributed by atoms with Crippen molar-refractivity contribution in [2.24, 2.45) is 10.8 Å². The quantitative estimate of drug-likeness (QED) is 0.0233. The molecule has 432 valence electrons. The van der Waals surface area contributed by atoms with E-state index < -0.39 is 16.9 Å². The predicted molar refractivity (Wildman–Crippen MR) is 337 cm³/mol. The van der Waals surface area contributed by atoms with Crippen molar-refractivity contribution < 1.29 is 38.1 Å². The summed E-state index contributed by atoms with van der Waals surface area (Å²) >= 11 is 12.6. The molecular formula is C70H80Cl2N2O8. The molecule has 0 saturated carbocycles. The third kappa shape index (κ3) is 20.4. The van der Waals surface area contributed by atoms with Crippen molar-refractivity contribution in [3.63, 3.8) is 0 Å². The Morgan fingerprint density at radius 1 is 0.463 bits per heavy atom. The lowest BCUT2D eigenvalue weighted by molar-refractivity contribution is -0.143. The van der Waals surface area contributed by atoms with Gasteiger partial charge < -0.3 is 33.9 Å². The third-order valence-corrected chi connectivity index (χ3v) is 13.0. The average molecular weight is 1150 g/mol. The van der Waals surface area contributed by atoms with E-state index in [4.69, 9.17) is 46.9 Å². The van der Waals surface area contributed by atoms with Crippen molar-refractivity contribution >= 4 is 63.5 Å². The van der Waals surface area contributed by atoms with E-state index in [0.29, 0.717) is 61.6 Å². The van der Waals surface area contributed by atoms with E-state index in [-0.39, 0.29) is 18.5 Å². The number of rotatable bonds is 22. The van der Waals surface area contributed by atoms with Gasteiger partial charge in [-0.1, -0.05) is 153 Å². The number of carbonyl (C=O) groups excluding carboxylic acids is 3. The molecule has 1 N–H and O–H groups in total. The standard InChI is InChI=1S/C38H40ClNO5.C30H34ClNO3.C2H6/c1-38(2,3)36(41)45-33-21-17-31(18-22-33)35(34(23-24-39)29-13-9-6-10-14-29)30-15-19-32(20-16-30)43-26-25-40(4)37(42)44-27-28-11-7-5-8-12-28;1-30(2,3)29(33)35-26-16-12-24(13-17-26)28(27(18-19-31)22-8-6-5-7-9-22)23-10-14-25(15-11-23)34-21-20-32-4;1-2/h5-22H,23-27H2,1-4H3;5-17,32H,18-21H2,1-4H3;1-2H3/b35-34+;28-27+;. The molecule has 0 heterocycles. The molecule has 7 aromatic carbocycles. The minimum absolute atomic E-state index is 0.224. The molecule has 0 aliphatic rings. The summed E-state index contributed by atoms with van der Waals surface area (Å²) in [6, 6.07) is 61.4. The summed E-state index contributed by atoms with van der Waals surface area (Å²) in [7, 11) is 3.59. The van der Waals surface area contributed by atoms with Gasteiger partial charge in [-0.05, 0) is 171 Å². The van der Waals surface area contributed by atoms with Crippen LogP contribution in [0, 0.1) is 10.8 Å². The van der Waals surface area contributed by atoms with E-state index in [1.54, 1.807) is 7.05 Å². The second-order valence-electron chi connectivity index (χ2n) is 21.0. The first-order chi connectivity index (χ1) is 39.5. The summed E-state index contributed by atoms with van der Waals surface area (Å²) in [4.78, 5) is 38.6. The van der Waals surface area contributed by atoms with Crippen LogP contribution in [0.25, 0.3) is 22.3 Å². The van der Waals surface area contributed by atoms with Crippen molar-refractivity contribution in [1.29, 1.82) is 0 Å². The molecule has 0 aliphatic carbocycles. The number of allylic oxidation sites excluding steroid dienone is 2. The zero-order valence-corrected chi connectivity index (χ0v) is 50.7. The van der Waals surface area contributed by atoms with E-state index in [1.165, 1.54) is 4.90 Å². The number of esters is 2. The first-order valence-electron chi connectivity index (χ1n) is 27.9. The van der Waals surface area contributed by atoms with Crippen LogP contribution in [0.5, 0.6) is 23.0 Å². The Labute approximate surface area is 497 Å². The summed E-state index contributed by atoms with van der Waals surface area (Å²) < 4.78 is 28.3. The number of likely N-dealkylation sites (N-methyl/N-ethyl adjacent to an activating group) is 2. The Kier molecular flexibility index (Phi) is 26.5. The van der Waals surface area contributed by atoms with E-state index in [0.717, 1.165) is 73.5 Å². The lowest BCUT2D eigenvalue weighted by Crippen LogP contribution is -2.31. The molecule has 0 aliphatic heterocycles. The fourth-order valence-electron chi connectivity index (χ4n) is 8.15. The molecule has 0 radical (unpaired) electrons. The van der Waals surface area contributed by atoms with Crippen LogP contribution in [0.4, 0.5) is 4.79 Å². The minimum atomic E-state index is -0.602. The van der Waals surface area contributed by atoms with Crippen LogP contribution in [0.1, 0.15) is 107 Å². The zero-order chi connectivity index (χ0) is 59.5. The Morgan fingerprint density at radius 2 is 0.805 bits per heavy atom. The number of hydrogen-bond donors (Lipinski definition) is 1. The maximum absolute atomic E-state index is 12.4. The SMILES string of the molecule is CC.CN(CCOc1ccc(/C(=C(/CCCl)c2ccccc2)c2ccc(OC(=O)C(C)(C)C)cc2)cc1)C(=O)OCc1ccccc1.CNCCOc1ccc(/C(=C(/CCCl)c2ccccc2)c2ccc(OC(=O)C(C)(C)C)cc2)cc1. The number of nitrogens with one attached hydrogen (secondary N) is 1. The molecule has 0 spiro atoms. The van der Waals surface area contributed by atoms with Crippen molar-refractivity contribution in [2.45, 2.75) is 74.8 Å². The molecule has 0 fully saturated rings. The van der Waals surface area contributed by atoms with Crippen molar-refractivity contribution in [3.05, 3.63) is 227 Å². The minimum Gasteiger partial charge on any atom is -0.492 e. The smallest absolute Gasteiger partial charge is 0.409 e. The van der Waals surface area contributed by atoms with Gasteiger partial charge in [-0.2, -0.15) is 0 Å². The lowest BCUT2D eigenvalue weighted by atomic mass is 9.88. The maximum Gasteiger partial charge on any atom is 0.409 e. The molecule has 0 unspecified atom stereocenters. The fourth-order valence-corrected chi connectivity index (χ4v) is 8.53. The van der Waals surface area contributed by atoms with Crippen LogP contribution in [-0.2, 0) is 20.9 Å². The molecule has 0 saturated heterocycles.